The molecular formula is C9H6OS. The minimum Gasteiger partial charge on any atom is -0.282 e. The standard InChI is InChI=1S/C9H6OS/c10-9-5-4-7-2-1-3-8(6-7)11-9/h1-6H. The molecule has 0 N–H and O–H groups in total. The third-order valence-corrected chi connectivity index (χ3v) is 2.32. The molecule has 1 heterocycles. The van der Waals surface area contributed by atoms with E-state index in [0.717, 1.165) is 10.5 Å². The van der Waals surface area contributed by atoms with Crippen LogP contribution in [-0.2, 0) is 4.79 Å². The van der Waals surface area contributed by atoms with E-state index in [0.29, 0.717) is 0 Å². The zero-order chi connectivity index (χ0) is 7.68. The van der Waals surface area contributed by atoms with E-state index in [2.05, 4.69) is 0 Å². The zero-order valence-electron chi connectivity index (χ0n) is 5.78. The van der Waals surface area contributed by atoms with Gasteiger partial charge in [-0.2, -0.15) is 0 Å². The molecule has 0 amide bonds. The first-order chi connectivity index (χ1) is 5.34. The van der Waals surface area contributed by atoms with Gasteiger partial charge in [-0.25, -0.2) is 0 Å². The Morgan fingerprint density at radius 1 is 1.18 bits per heavy atom. The van der Waals surface area contributed by atoms with E-state index in [1.54, 1.807) is 6.08 Å². The van der Waals surface area contributed by atoms with Gasteiger partial charge in [0.2, 0.25) is 5.12 Å². The summed E-state index contributed by atoms with van der Waals surface area (Å²) in [5.74, 6) is 0. The van der Waals surface area contributed by atoms with E-state index in [9.17, 15) is 4.79 Å². The van der Waals surface area contributed by atoms with E-state index >= 15 is 0 Å². The fourth-order valence-corrected chi connectivity index (χ4v) is 1.71. The van der Waals surface area contributed by atoms with Gasteiger partial charge < -0.3 is 0 Å². The van der Waals surface area contributed by atoms with Crippen molar-refractivity contribution in [2.24, 2.45) is 0 Å². The molecule has 0 fully saturated rings. The fourth-order valence-electron chi connectivity index (χ4n) is 0.996. The molecule has 1 aromatic carbocycles. The first-order valence-electron chi connectivity index (χ1n) is 3.34. The van der Waals surface area contributed by atoms with Crippen LogP contribution in [0.5, 0.6) is 0 Å². The average molecular weight is 162 g/mol. The van der Waals surface area contributed by atoms with Crippen LogP contribution in [0.4, 0.5) is 0 Å². The Morgan fingerprint density at radius 3 is 3.00 bits per heavy atom. The van der Waals surface area contributed by atoms with Gasteiger partial charge in [0.15, 0.2) is 0 Å². The summed E-state index contributed by atoms with van der Waals surface area (Å²) in [6, 6.07) is 7.89. The quantitative estimate of drug-likeness (QED) is 0.582. The average Bonchev–Trinajstić information content (AvgIpc) is 2.12. The van der Waals surface area contributed by atoms with Gasteiger partial charge in [-0.15, -0.1) is 0 Å². The SMILES string of the molecule is O=C1C=Cc2cccc(c2)S1. The van der Waals surface area contributed by atoms with E-state index in [1.165, 1.54) is 11.8 Å². The van der Waals surface area contributed by atoms with Crippen molar-refractivity contribution in [2.75, 3.05) is 0 Å². The summed E-state index contributed by atoms with van der Waals surface area (Å²) < 4.78 is 0. The Morgan fingerprint density at radius 2 is 2.09 bits per heavy atom. The fraction of sp³-hybridized carbons (Fsp3) is 0. The minimum absolute atomic E-state index is 0.103. The third kappa shape index (κ3) is 1.35. The number of carbonyl (C=O) groups excluding carboxylic acids is 1. The summed E-state index contributed by atoms with van der Waals surface area (Å²) >= 11 is 1.27. The molecule has 0 atom stereocenters. The lowest BCUT2D eigenvalue weighted by atomic mass is 10.2. The van der Waals surface area contributed by atoms with E-state index in [1.807, 2.05) is 30.3 Å². The predicted molar refractivity (Wildman–Crippen MR) is 46.3 cm³/mol. The Kier molecular flexibility index (Phi) is 1.55. The maximum absolute atomic E-state index is 11.0. The van der Waals surface area contributed by atoms with E-state index in [-0.39, 0.29) is 5.12 Å². The molecule has 0 unspecified atom stereocenters. The van der Waals surface area contributed by atoms with Gasteiger partial charge in [-0.05, 0) is 35.5 Å². The molecular weight excluding hydrogens is 156 g/mol. The molecule has 54 valence electrons. The highest BCUT2D eigenvalue weighted by Crippen LogP contribution is 2.24. The van der Waals surface area contributed by atoms with Crippen molar-refractivity contribution in [3.63, 3.8) is 0 Å². The van der Waals surface area contributed by atoms with Gasteiger partial charge >= 0.3 is 0 Å². The molecule has 11 heavy (non-hydrogen) atoms. The molecule has 0 saturated carbocycles. The smallest absolute Gasteiger partial charge is 0.216 e. The van der Waals surface area contributed by atoms with Crippen LogP contribution in [0.2, 0.25) is 0 Å². The van der Waals surface area contributed by atoms with Crippen LogP contribution >= 0.6 is 11.8 Å². The molecule has 1 aromatic rings. The molecule has 0 aromatic heterocycles. The van der Waals surface area contributed by atoms with Crippen molar-refractivity contribution in [2.45, 2.75) is 4.90 Å². The first-order valence-corrected chi connectivity index (χ1v) is 4.16. The number of thioether (sulfide) groups is 1. The van der Waals surface area contributed by atoms with Gasteiger partial charge in [0, 0.05) is 4.90 Å². The lowest BCUT2D eigenvalue weighted by molar-refractivity contribution is -0.106. The molecule has 1 nitrogen and oxygen atoms in total. The summed E-state index contributed by atoms with van der Waals surface area (Å²) in [6.07, 6.45) is 3.44. The molecule has 1 aliphatic heterocycles. The van der Waals surface area contributed by atoms with Gasteiger partial charge in [-0.3, -0.25) is 4.79 Å². The maximum Gasteiger partial charge on any atom is 0.216 e. The van der Waals surface area contributed by atoms with Crippen molar-refractivity contribution in [3.8, 4) is 0 Å². The summed E-state index contributed by atoms with van der Waals surface area (Å²) in [5.41, 5.74) is 1.10. The van der Waals surface area contributed by atoms with Crippen LogP contribution in [0.25, 0.3) is 6.08 Å². The van der Waals surface area contributed by atoms with Gasteiger partial charge in [0.05, 0.1) is 0 Å². The first kappa shape index (κ1) is 6.68. The summed E-state index contributed by atoms with van der Waals surface area (Å²) in [4.78, 5) is 12.0. The highest BCUT2D eigenvalue weighted by atomic mass is 32.2. The Balaban J connectivity index is 2.55. The van der Waals surface area contributed by atoms with Crippen LogP contribution in [0.3, 0.4) is 0 Å². The molecule has 0 radical (unpaired) electrons. The Bertz CT molecular complexity index is 328. The second-order valence-electron chi connectivity index (χ2n) is 2.33. The number of carbonyl (C=O) groups is 1. The topological polar surface area (TPSA) is 17.1 Å². The minimum atomic E-state index is 0.103. The Hall–Kier alpha value is -1.02. The van der Waals surface area contributed by atoms with Gasteiger partial charge in [0.25, 0.3) is 0 Å². The van der Waals surface area contributed by atoms with Crippen LogP contribution in [-0.4, -0.2) is 5.12 Å². The second kappa shape index (κ2) is 2.55. The van der Waals surface area contributed by atoms with Crippen LogP contribution in [0, 0.1) is 0 Å². The van der Waals surface area contributed by atoms with Gasteiger partial charge in [-0.1, -0.05) is 18.2 Å². The molecule has 0 saturated heterocycles. The van der Waals surface area contributed by atoms with Crippen molar-refractivity contribution in [3.05, 3.63) is 35.9 Å². The highest BCUT2D eigenvalue weighted by Gasteiger charge is 2.04. The maximum atomic E-state index is 11.0. The summed E-state index contributed by atoms with van der Waals surface area (Å²) in [7, 11) is 0. The lowest BCUT2D eigenvalue weighted by Gasteiger charge is -1.93. The monoisotopic (exact) mass is 162 g/mol. The number of hydrogen-bond donors (Lipinski definition) is 0. The third-order valence-electron chi connectivity index (χ3n) is 1.49. The Labute approximate surface area is 69.1 Å². The van der Waals surface area contributed by atoms with Crippen LogP contribution in [0.15, 0.2) is 35.2 Å². The predicted octanol–water partition coefficient (Wildman–Crippen LogP) is 2.33. The molecule has 1 aliphatic rings. The number of rotatable bonds is 0. The van der Waals surface area contributed by atoms with E-state index in [4.69, 9.17) is 0 Å². The number of fused-ring (bicyclic) bond motifs is 2. The zero-order valence-corrected chi connectivity index (χ0v) is 6.60. The molecule has 0 aliphatic carbocycles. The largest absolute Gasteiger partial charge is 0.282 e. The van der Waals surface area contributed by atoms with Gasteiger partial charge in [0.1, 0.15) is 0 Å². The second-order valence-corrected chi connectivity index (χ2v) is 3.40. The summed E-state index contributed by atoms with van der Waals surface area (Å²) in [6.45, 7) is 0. The highest BCUT2D eigenvalue weighted by molar-refractivity contribution is 8.14. The number of hydrogen-bond acceptors (Lipinski definition) is 2. The van der Waals surface area contributed by atoms with Crippen LogP contribution < -0.4 is 0 Å². The van der Waals surface area contributed by atoms with Crippen molar-refractivity contribution in [1.82, 2.24) is 0 Å². The summed E-state index contributed by atoms with van der Waals surface area (Å²) in [5, 5.41) is 0.103. The molecule has 2 heteroatoms. The lowest BCUT2D eigenvalue weighted by Crippen LogP contribution is -1.79. The molecule has 0 spiro atoms. The van der Waals surface area contributed by atoms with Crippen LogP contribution in [0.1, 0.15) is 5.56 Å². The van der Waals surface area contributed by atoms with Crippen molar-refractivity contribution in [1.29, 1.82) is 0 Å². The van der Waals surface area contributed by atoms with E-state index < -0.39 is 0 Å². The normalized spacial score (nSPS) is 14.7. The number of benzene rings is 1. The van der Waals surface area contributed by atoms with Crippen molar-refractivity contribution < 1.29 is 4.79 Å². The molecule has 2 rings (SSSR count). The van der Waals surface area contributed by atoms with Crippen molar-refractivity contribution >= 4 is 23.0 Å². The molecule has 2 bridgehead atoms.